The molecule has 0 fully saturated rings. The number of hydrogen-bond acceptors (Lipinski definition) is 1. The average molecular weight is 600 g/mol. The van der Waals surface area contributed by atoms with E-state index < -0.39 is 0 Å². The summed E-state index contributed by atoms with van der Waals surface area (Å²) in [5, 5.41) is 5.06. The molecule has 0 N–H and O–H groups in total. The molecule has 0 saturated carbocycles. The monoisotopic (exact) mass is 599 g/mol. The molecule has 2 heterocycles. The van der Waals surface area contributed by atoms with Crippen molar-refractivity contribution < 1.29 is 0 Å². The summed E-state index contributed by atoms with van der Waals surface area (Å²) in [6.07, 6.45) is 0.967. The molecule has 0 bridgehead atoms. The minimum atomic E-state index is 0.0349. The van der Waals surface area contributed by atoms with E-state index in [0.29, 0.717) is 5.92 Å². The van der Waals surface area contributed by atoms with E-state index in [4.69, 9.17) is 0 Å². The maximum atomic E-state index is 14.0. The van der Waals surface area contributed by atoms with Crippen molar-refractivity contribution in [2.75, 3.05) is 0 Å². The summed E-state index contributed by atoms with van der Waals surface area (Å²) < 4.78 is 1.93. The first kappa shape index (κ1) is 26.2. The van der Waals surface area contributed by atoms with Crippen molar-refractivity contribution in [2.24, 2.45) is 0 Å². The van der Waals surface area contributed by atoms with E-state index in [2.05, 4.69) is 140 Å². The summed E-state index contributed by atoms with van der Waals surface area (Å²) in [4.78, 5) is 14.0. The molecule has 2 nitrogen and oxygen atoms in total. The number of fused-ring (bicyclic) bond motifs is 8. The molecule has 0 aliphatic heterocycles. The molecular formula is C45H29NO. The molecule has 0 saturated heterocycles. The van der Waals surface area contributed by atoms with Crippen LogP contribution in [0.25, 0.3) is 71.3 Å². The fourth-order valence-electron chi connectivity index (χ4n) is 8.11. The molecule has 220 valence electrons. The van der Waals surface area contributed by atoms with Crippen molar-refractivity contribution in [2.45, 2.75) is 12.3 Å². The second-order valence-corrected chi connectivity index (χ2v) is 12.8. The van der Waals surface area contributed by atoms with E-state index in [1.807, 2.05) is 22.6 Å². The zero-order chi connectivity index (χ0) is 31.1. The molecule has 1 aliphatic rings. The van der Waals surface area contributed by atoms with Crippen LogP contribution in [0.1, 0.15) is 22.6 Å². The standard InChI is InChI=1S/C45H29NO/c47-45-38-17-9-8-16-37(38)41-26-32(29-10-2-1-3-11-29)27-42-40-25-31(22-23-43(40)46(45)44(41)42)30-20-18-28(19-21-30)24-39-35-14-6-4-12-33(35)34-13-5-7-15-36(34)39/h1-23,25-27,39H,24H2. The molecular weight excluding hydrogens is 571 g/mol. The molecule has 2 aromatic heterocycles. The van der Waals surface area contributed by atoms with E-state index in [1.54, 1.807) is 0 Å². The van der Waals surface area contributed by atoms with Crippen LogP contribution in [0.5, 0.6) is 0 Å². The van der Waals surface area contributed by atoms with Crippen molar-refractivity contribution in [1.82, 2.24) is 4.40 Å². The summed E-state index contributed by atoms with van der Waals surface area (Å²) >= 11 is 0. The van der Waals surface area contributed by atoms with Crippen LogP contribution in [0.3, 0.4) is 0 Å². The Hall–Kier alpha value is -5.99. The minimum absolute atomic E-state index is 0.0349. The molecule has 0 spiro atoms. The number of hydrogen-bond donors (Lipinski definition) is 0. The first-order chi connectivity index (χ1) is 23.2. The van der Waals surface area contributed by atoms with Gasteiger partial charge in [0.2, 0.25) is 0 Å². The van der Waals surface area contributed by atoms with Gasteiger partial charge in [0.05, 0.1) is 11.0 Å². The number of nitrogens with zero attached hydrogens (tertiary/aromatic N) is 1. The third-order valence-corrected chi connectivity index (χ3v) is 10.3. The van der Waals surface area contributed by atoms with Gasteiger partial charge in [0.15, 0.2) is 0 Å². The SMILES string of the molecule is O=c1c2ccccc2c2cc(-c3ccccc3)cc3c4cc(-c5ccc(CC6c7ccccc7-c7ccccc76)cc5)ccc4n1c23. The Balaban J connectivity index is 1.10. The van der Waals surface area contributed by atoms with E-state index >= 15 is 0 Å². The molecule has 0 radical (unpaired) electrons. The topological polar surface area (TPSA) is 21.5 Å². The normalized spacial score (nSPS) is 12.8. The molecule has 10 rings (SSSR count). The molecule has 47 heavy (non-hydrogen) atoms. The van der Waals surface area contributed by atoms with E-state index in [0.717, 1.165) is 55.5 Å². The Morgan fingerprint density at radius 3 is 1.72 bits per heavy atom. The van der Waals surface area contributed by atoms with Gasteiger partial charge in [-0.2, -0.15) is 0 Å². The molecule has 0 unspecified atom stereocenters. The van der Waals surface area contributed by atoms with Gasteiger partial charge in [-0.1, -0.05) is 127 Å². The highest BCUT2D eigenvalue weighted by Gasteiger charge is 2.28. The largest absolute Gasteiger partial charge is 0.275 e. The quantitative estimate of drug-likeness (QED) is 0.184. The van der Waals surface area contributed by atoms with Gasteiger partial charge < -0.3 is 0 Å². The maximum Gasteiger partial charge on any atom is 0.263 e. The summed E-state index contributed by atoms with van der Waals surface area (Å²) in [6, 6.07) is 56.4. The molecule has 1 aliphatic carbocycles. The maximum absolute atomic E-state index is 14.0. The Bertz CT molecular complexity index is 2670. The predicted octanol–water partition coefficient (Wildman–Crippen LogP) is 10.9. The van der Waals surface area contributed by atoms with Gasteiger partial charge in [-0.15, -0.1) is 0 Å². The fourth-order valence-corrected chi connectivity index (χ4v) is 8.11. The van der Waals surface area contributed by atoms with Crippen LogP contribution >= 0.6 is 0 Å². The zero-order valence-electron chi connectivity index (χ0n) is 25.7. The van der Waals surface area contributed by atoms with Gasteiger partial charge >= 0.3 is 0 Å². The fraction of sp³-hybridized carbons (Fsp3) is 0.0444. The van der Waals surface area contributed by atoms with E-state index in [1.165, 1.54) is 38.9 Å². The zero-order valence-corrected chi connectivity index (χ0v) is 25.7. The number of pyridine rings is 1. The predicted molar refractivity (Wildman–Crippen MR) is 196 cm³/mol. The summed E-state index contributed by atoms with van der Waals surface area (Å²) in [7, 11) is 0. The molecule has 2 heteroatoms. The van der Waals surface area contributed by atoms with Crippen LogP contribution in [-0.2, 0) is 6.42 Å². The van der Waals surface area contributed by atoms with Crippen molar-refractivity contribution in [3.8, 4) is 33.4 Å². The summed E-state index contributed by atoms with van der Waals surface area (Å²) in [5.41, 5.74) is 13.5. The van der Waals surface area contributed by atoms with E-state index in [-0.39, 0.29) is 5.56 Å². The Morgan fingerprint density at radius 1 is 0.447 bits per heavy atom. The number of aromatic nitrogens is 1. The highest BCUT2D eigenvalue weighted by Crippen LogP contribution is 2.46. The average Bonchev–Trinajstić information content (AvgIpc) is 3.64. The van der Waals surface area contributed by atoms with Crippen molar-refractivity contribution >= 4 is 38.0 Å². The lowest BCUT2D eigenvalue weighted by Crippen LogP contribution is -2.12. The van der Waals surface area contributed by atoms with Crippen molar-refractivity contribution in [3.05, 3.63) is 185 Å². The molecule has 0 amide bonds. The van der Waals surface area contributed by atoms with Gasteiger partial charge in [0.25, 0.3) is 5.56 Å². The summed E-state index contributed by atoms with van der Waals surface area (Å²) in [6.45, 7) is 0. The second kappa shape index (κ2) is 10.0. The highest BCUT2D eigenvalue weighted by atomic mass is 16.1. The van der Waals surface area contributed by atoms with Crippen molar-refractivity contribution in [1.29, 1.82) is 0 Å². The molecule has 7 aromatic carbocycles. The third kappa shape index (κ3) is 3.88. The van der Waals surface area contributed by atoms with Crippen LogP contribution in [0.15, 0.2) is 163 Å². The van der Waals surface area contributed by atoms with Gasteiger partial charge in [0.1, 0.15) is 0 Å². The van der Waals surface area contributed by atoms with Gasteiger partial charge in [-0.25, -0.2) is 0 Å². The smallest absolute Gasteiger partial charge is 0.263 e. The second-order valence-electron chi connectivity index (χ2n) is 12.8. The number of benzene rings is 7. The van der Waals surface area contributed by atoms with Gasteiger partial charge in [-0.05, 0) is 92.2 Å². The van der Waals surface area contributed by atoms with Gasteiger partial charge in [0, 0.05) is 27.5 Å². The van der Waals surface area contributed by atoms with Crippen LogP contribution < -0.4 is 5.56 Å². The van der Waals surface area contributed by atoms with Crippen LogP contribution in [0, 0.1) is 0 Å². The first-order valence-electron chi connectivity index (χ1n) is 16.3. The first-order valence-corrected chi connectivity index (χ1v) is 16.3. The van der Waals surface area contributed by atoms with Crippen LogP contribution in [0.4, 0.5) is 0 Å². The highest BCUT2D eigenvalue weighted by molar-refractivity contribution is 6.22. The molecule has 0 atom stereocenters. The summed E-state index contributed by atoms with van der Waals surface area (Å²) in [5.74, 6) is 0.361. The third-order valence-electron chi connectivity index (χ3n) is 10.3. The van der Waals surface area contributed by atoms with Crippen LogP contribution in [0.2, 0.25) is 0 Å². The molecule has 9 aromatic rings. The lowest BCUT2D eigenvalue weighted by molar-refractivity contribution is 0.827. The minimum Gasteiger partial charge on any atom is -0.275 e. The Labute approximate surface area is 272 Å². The van der Waals surface area contributed by atoms with E-state index in [9.17, 15) is 4.79 Å². The van der Waals surface area contributed by atoms with Crippen molar-refractivity contribution in [3.63, 3.8) is 0 Å². The van der Waals surface area contributed by atoms with Gasteiger partial charge in [-0.3, -0.25) is 9.20 Å². The number of rotatable bonds is 4. The Kier molecular flexibility index (Phi) is 5.59. The van der Waals surface area contributed by atoms with Crippen LogP contribution in [-0.4, -0.2) is 4.40 Å². The lowest BCUT2D eigenvalue weighted by atomic mass is 9.89. The Morgan fingerprint density at radius 2 is 1.00 bits per heavy atom. The lowest BCUT2D eigenvalue weighted by Gasteiger charge is -2.14.